The van der Waals surface area contributed by atoms with E-state index >= 15 is 0 Å². The average Bonchev–Trinajstić information content (AvgIpc) is 1.82. The second-order valence-electron chi connectivity index (χ2n) is 1.41. The minimum atomic E-state index is -4.64. The predicted molar refractivity (Wildman–Crippen MR) is 40.3 cm³/mol. The van der Waals surface area contributed by atoms with Crippen LogP contribution in [0.5, 0.6) is 0 Å². The topological polar surface area (TPSA) is 197 Å². The lowest BCUT2D eigenvalue weighted by Gasteiger charge is -2.06. The monoisotopic (exact) mass is 202 g/mol. The van der Waals surface area contributed by atoms with Crippen molar-refractivity contribution >= 4 is 13.8 Å². The number of hydrogen-bond acceptors (Lipinski definition) is 5. The molecule has 11 heteroatoms. The van der Waals surface area contributed by atoms with Gasteiger partial charge in [0.1, 0.15) is 0 Å². The van der Waals surface area contributed by atoms with Gasteiger partial charge in [-0.3, -0.25) is 0 Å². The summed E-state index contributed by atoms with van der Waals surface area (Å²) < 4.78 is 8.88. The summed E-state index contributed by atoms with van der Waals surface area (Å²) in [6, 6.07) is 0. The van der Waals surface area contributed by atoms with Crippen LogP contribution >= 0.6 is 7.82 Å². The highest BCUT2D eigenvalue weighted by molar-refractivity contribution is 7.45. The van der Waals surface area contributed by atoms with Crippen LogP contribution in [-0.4, -0.2) is 25.8 Å². The van der Waals surface area contributed by atoms with E-state index in [0.29, 0.717) is 5.12 Å². The van der Waals surface area contributed by atoms with Crippen LogP contribution in [0.2, 0.25) is 0 Å². The molecule has 10 nitrogen and oxygen atoms in total. The SMILES string of the molecule is NN=C(N)N(N)N.O=P(O)(O)O. The van der Waals surface area contributed by atoms with E-state index in [9.17, 15) is 0 Å². The molecule has 74 valence electrons. The molecule has 0 saturated carbocycles. The van der Waals surface area contributed by atoms with Crippen molar-refractivity contribution in [3.8, 4) is 0 Å². The van der Waals surface area contributed by atoms with Gasteiger partial charge < -0.3 is 26.3 Å². The fraction of sp³-hybridized carbons (Fsp3) is 0. The molecule has 0 aliphatic carbocycles. The minimum absolute atomic E-state index is 0.111. The van der Waals surface area contributed by atoms with E-state index in [0.717, 1.165) is 0 Å². The lowest BCUT2D eigenvalue weighted by molar-refractivity contribution is 0.275. The van der Waals surface area contributed by atoms with Crippen molar-refractivity contribution in [2.24, 2.45) is 28.4 Å². The Morgan fingerprint density at radius 2 is 1.58 bits per heavy atom. The van der Waals surface area contributed by atoms with Crippen molar-refractivity contribution in [3.63, 3.8) is 0 Å². The zero-order valence-corrected chi connectivity index (χ0v) is 6.80. The maximum Gasteiger partial charge on any atom is 0.466 e. The van der Waals surface area contributed by atoms with Crippen LogP contribution in [0.1, 0.15) is 0 Å². The van der Waals surface area contributed by atoms with Gasteiger partial charge in [0.25, 0.3) is 0 Å². The molecular formula is CH11N6O4P. The molecule has 0 aromatic carbocycles. The fourth-order valence-corrected chi connectivity index (χ4v) is 0.0667. The number of hydrogen-bond donors (Lipinski definition) is 7. The summed E-state index contributed by atoms with van der Waals surface area (Å²) in [7, 11) is -4.64. The fourth-order valence-electron chi connectivity index (χ4n) is 0.0667. The number of nitrogens with two attached hydrogens (primary N) is 4. The highest BCUT2D eigenvalue weighted by atomic mass is 31.2. The lowest BCUT2D eigenvalue weighted by Crippen LogP contribution is -2.48. The minimum Gasteiger partial charge on any atom is -0.366 e. The van der Waals surface area contributed by atoms with E-state index in [1.807, 2.05) is 0 Å². The van der Waals surface area contributed by atoms with E-state index in [1.165, 1.54) is 0 Å². The molecule has 0 aliphatic rings. The first-order chi connectivity index (χ1) is 5.18. The number of nitrogens with zero attached hydrogens (tertiary/aromatic N) is 2. The maximum absolute atomic E-state index is 8.88. The summed E-state index contributed by atoms with van der Waals surface area (Å²) in [6.45, 7) is 0. The van der Waals surface area contributed by atoms with Crippen molar-refractivity contribution in [1.29, 1.82) is 0 Å². The molecule has 0 aromatic rings. The number of phosphoric acid groups is 1. The van der Waals surface area contributed by atoms with Crippen molar-refractivity contribution < 1.29 is 19.2 Å². The Kier molecular flexibility index (Phi) is 6.51. The Hall–Kier alpha value is -0.900. The van der Waals surface area contributed by atoms with E-state index in [1.54, 1.807) is 0 Å². The van der Waals surface area contributed by atoms with E-state index in [4.69, 9.17) is 36.7 Å². The van der Waals surface area contributed by atoms with Gasteiger partial charge >= 0.3 is 7.82 Å². The molecule has 11 N–H and O–H groups in total. The molecule has 0 amide bonds. The standard InChI is InChI=1S/CH8N6.H3O4P/c2-1(6-3)7(4)5;1-5(2,3)4/h3-5H2,(H2,2,6);(H3,1,2,3,4). The summed E-state index contributed by atoms with van der Waals surface area (Å²) >= 11 is 0. The van der Waals surface area contributed by atoms with Crippen molar-refractivity contribution in [1.82, 2.24) is 5.12 Å². The lowest BCUT2D eigenvalue weighted by atomic mass is 11.0. The van der Waals surface area contributed by atoms with Crippen LogP contribution in [0, 0.1) is 0 Å². The van der Waals surface area contributed by atoms with E-state index in [2.05, 4.69) is 10.9 Å². The third-order valence-corrected chi connectivity index (χ3v) is 0.397. The molecule has 0 bridgehead atoms. The largest absolute Gasteiger partial charge is 0.466 e. The molecule has 0 unspecified atom stereocenters. The van der Waals surface area contributed by atoms with Gasteiger partial charge in [0.2, 0.25) is 5.96 Å². The smallest absolute Gasteiger partial charge is 0.366 e. The molecule has 0 fully saturated rings. The Bertz CT molecular complexity index is 176. The predicted octanol–water partition coefficient (Wildman–Crippen LogP) is -3.70. The Morgan fingerprint density at radius 3 is 1.58 bits per heavy atom. The van der Waals surface area contributed by atoms with Crippen molar-refractivity contribution in [2.45, 2.75) is 0 Å². The zero-order valence-electron chi connectivity index (χ0n) is 5.90. The summed E-state index contributed by atoms with van der Waals surface area (Å²) in [6.07, 6.45) is 0. The first-order valence-electron chi connectivity index (χ1n) is 2.29. The van der Waals surface area contributed by atoms with Gasteiger partial charge in [-0.2, -0.15) is 0 Å². The second kappa shape index (κ2) is 5.71. The van der Waals surface area contributed by atoms with Crippen LogP contribution in [-0.2, 0) is 4.57 Å². The van der Waals surface area contributed by atoms with Crippen LogP contribution in [0.3, 0.4) is 0 Å². The van der Waals surface area contributed by atoms with Gasteiger partial charge in [-0.15, -0.1) is 5.10 Å². The van der Waals surface area contributed by atoms with Crippen LogP contribution in [0.4, 0.5) is 0 Å². The molecule has 0 aliphatic heterocycles. The molecule has 0 heterocycles. The highest BCUT2D eigenvalue weighted by Crippen LogP contribution is 2.25. The van der Waals surface area contributed by atoms with Gasteiger partial charge in [0.05, 0.1) is 0 Å². The first kappa shape index (κ1) is 13.7. The summed E-state index contributed by atoms with van der Waals surface area (Å²) in [5, 5.41) is 3.58. The highest BCUT2D eigenvalue weighted by Gasteiger charge is 2.00. The molecule has 0 aromatic heterocycles. The van der Waals surface area contributed by atoms with Gasteiger partial charge in [-0.1, -0.05) is 0 Å². The normalized spacial score (nSPS) is 11.6. The van der Waals surface area contributed by atoms with E-state index < -0.39 is 7.82 Å². The van der Waals surface area contributed by atoms with Gasteiger partial charge in [0.15, 0.2) is 0 Å². The number of hydrazone groups is 1. The molecule has 0 rings (SSSR count). The zero-order chi connectivity index (χ0) is 10.4. The Labute approximate surface area is 67.6 Å². The molecule has 0 atom stereocenters. The maximum atomic E-state index is 8.88. The number of guanidine groups is 1. The van der Waals surface area contributed by atoms with Crippen molar-refractivity contribution in [2.75, 3.05) is 0 Å². The van der Waals surface area contributed by atoms with Gasteiger partial charge in [-0.25, -0.2) is 21.4 Å². The molecular weight excluding hydrogens is 191 g/mol. The Morgan fingerprint density at radius 1 is 1.33 bits per heavy atom. The third-order valence-electron chi connectivity index (χ3n) is 0.397. The molecule has 0 saturated heterocycles. The van der Waals surface area contributed by atoms with Crippen LogP contribution < -0.4 is 23.3 Å². The number of rotatable bonds is 0. The number of hydrazine groups is 2. The van der Waals surface area contributed by atoms with Crippen LogP contribution in [0.25, 0.3) is 0 Å². The van der Waals surface area contributed by atoms with E-state index in [-0.39, 0.29) is 5.96 Å². The molecule has 12 heavy (non-hydrogen) atoms. The molecule has 0 radical (unpaired) electrons. The first-order valence-corrected chi connectivity index (χ1v) is 3.86. The third kappa shape index (κ3) is 23.0. The average molecular weight is 202 g/mol. The summed E-state index contributed by atoms with van der Waals surface area (Å²) in [5.74, 6) is 14.2. The summed E-state index contributed by atoms with van der Waals surface area (Å²) in [5.41, 5.74) is 4.92. The van der Waals surface area contributed by atoms with Crippen molar-refractivity contribution in [3.05, 3.63) is 0 Å². The van der Waals surface area contributed by atoms with Gasteiger partial charge in [0, 0.05) is 0 Å². The van der Waals surface area contributed by atoms with Crippen LogP contribution in [0.15, 0.2) is 5.10 Å². The second-order valence-corrected chi connectivity index (χ2v) is 2.43. The molecule has 0 spiro atoms. The van der Waals surface area contributed by atoms with Gasteiger partial charge in [-0.05, 0) is 0 Å². The Balaban J connectivity index is 0. The quantitative estimate of drug-likeness (QED) is 0.0678. The summed E-state index contributed by atoms with van der Waals surface area (Å²) in [4.78, 5) is 21.6.